The van der Waals surface area contributed by atoms with Crippen LogP contribution in [-0.2, 0) is 20.4 Å². The van der Waals surface area contributed by atoms with Crippen LogP contribution in [-0.4, -0.2) is 37.2 Å². The molecule has 1 aromatic rings. The Bertz CT molecular complexity index is 633. The number of rotatable bonds is 7. The van der Waals surface area contributed by atoms with Gasteiger partial charge in [-0.3, -0.25) is 4.79 Å². The van der Waals surface area contributed by atoms with Crippen molar-refractivity contribution in [3.8, 4) is 0 Å². The summed E-state index contributed by atoms with van der Waals surface area (Å²) in [5.41, 5.74) is -1.39. The van der Waals surface area contributed by atoms with E-state index in [0.717, 1.165) is 6.26 Å². The molecule has 0 saturated carbocycles. The molecule has 1 atom stereocenters. The van der Waals surface area contributed by atoms with Crippen molar-refractivity contribution < 1.29 is 27.5 Å². The number of furan rings is 1. The summed E-state index contributed by atoms with van der Waals surface area (Å²) < 4.78 is 27.4. The van der Waals surface area contributed by atoms with Gasteiger partial charge in [0, 0.05) is 6.26 Å². The Morgan fingerprint density at radius 3 is 2.48 bits per heavy atom. The molecule has 1 unspecified atom stereocenters. The van der Waals surface area contributed by atoms with Crippen LogP contribution in [0.3, 0.4) is 0 Å². The number of amides is 1. The normalized spacial score (nSPS) is 14.4. The minimum atomic E-state index is -3.27. The summed E-state index contributed by atoms with van der Waals surface area (Å²) in [6, 6.07) is 2.71. The topological polar surface area (TPSA) is 114 Å². The van der Waals surface area contributed by atoms with Crippen LogP contribution in [0.25, 0.3) is 0 Å². The van der Waals surface area contributed by atoms with Crippen LogP contribution in [0.2, 0.25) is 0 Å². The third kappa shape index (κ3) is 4.89. The lowest BCUT2D eigenvalue weighted by Gasteiger charge is -2.25. The lowest BCUT2D eigenvalue weighted by Crippen LogP contribution is -2.52. The molecule has 0 bridgehead atoms. The van der Waals surface area contributed by atoms with Gasteiger partial charge in [0.25, 0.3) is 5.91 Å². The van der Waals surface area contributed by atoms with E-state index in [4.69, 9.17) is 4.42 Å². The van der Waals surface area contributed by atoms with Crippen molar-refractivity contribution >= 4 is 21.7 Å². The third-order valence-electron chi connectivity index (χ3n) is 2.90. The Hall–Kier alpha value is -1.83. The molecule has 8 heteroatoms. The zero-order chi connectivity index (χ0) is 16.3. The molecule has 1 aromatic heterocycles. The van der Waals surface area contributed by atoms with Crippen LogP contribution in [0.15, 0.2) is 16.5 Å². The second-order valence-corrected chi connectivity index (χ2v) is 7.32. The molecule has 2 N–H and O–H groups in total. The summed E-state index contributed by atoms with van der Waals surface area (Å²) in [6.45, 7) is 3.22. The summed E-state index contributed by atoms with van der Waals surface area (Å²) in [4.78, 5) is 23.2. The molecule has 0 spiro atoms. The zero-order valence-electron chi connectivity index (χ0n) is 12.2. The molecule has 118 valence electrons. The van der Waals surface area contributed by atoms with Crippen molar-refractivity contribution in [3.05, 3.63) is 23.7 Å². The van der Waals surface area contributed by atoms with E-state index in [0.29, 0.717) is 6.42 Å². The number of carbonyl (C=O) groups excluding carboxylic acids is 1. The average Bonchev–Trinajstić information content (AvgIpc) is 2.75. The Morgan fingerprint density at radius 2 is 2.00 bits per heavy atom. The molecule has 7 nitrogen and oxygen atoms in total. The summed E-state index contributed by atoms with van der Waals surface area (Å²) >= 11 is 0. The van der Waals surface area contributed by atoms with Gasteiger partial charge >= 0.3 is 5.97 Å². The van der Waals surface area contributed by atoms with Gasteiger partial charge in [0.05, 0.1) is 0 Å². The molecule has 0 saturated heterocycles. The van der Waals surface area contributed by atoms with Crippen molar-refractivity contribution in [2.75, 3.05) is 6.26 Å². The maximum Gasteiger partial charge on any atom is 0.329 e. The predicted octanol–water partition coefficient (Wildman–Crippen LogP) is 1.20. The fourth-order valence-corrected chi connectivity index (χ4v) is 2.54. The minimum absolute atomic E-state index is 0.114. The van der Waals surface area contributed by atoms with Crippen molar-refractivity contribution in [1.82, 2.24) is 5.32 Å². The average molecular weight is 317 g/mol. The summed E-state index contributed by atoms with van der Waals surface area (Å²) in [5.74, 6) is -2.12. The van der Waals surface area contributed by atoms with Crippen LogP contribution in [0.4, 0.5) is 0 Å². The van der Waals surface area contributed by atoms with Crippen molar-refractivity contribution in [2.45, 2.75) is 38.0 Å². The smallest absolute Gasteiger partial charge is 0.329 e. The predicted molar refractivity (Wildman–Crippen MR) is 75.7 cm³/mol. The highest BCUT2D eigenvalue weighted by atomic mass is 32.2. The third-order valence-corrected chi connectivity index (χ3v) is 3.71. The van der Waals surface area contributed by atoms with Crippen molar-refractivity contribution in [2.24, 2.45) is 0 Å². The molecule has 21 heavy (non-hydrogen) atoms. The van der Waals surface area contributed by atoms with E-state index in [1.807, 2.05) is 6.92 Å². The van der Waals surface area contributed by atoms with Gasteiger partial charge in [-0.05, 0) is 25.5 Å². The first-order valence-corrected chi connectivity index (χ1v) is 8.46. The molecule has 0 radical (unpaired) electrons. The van der Waals surface area contributed by atoms with E-state index in [1.54, 1.807) is 0 Å². The molecule has 1 amide bonds. The fraction of sp³-hybridized carbons (Fsp3) is 0.538. The molecule has 0 aliphatic carbocycles. The molecule has 0 fully saturated rings. The number of nitrogens with one attached hydrogen (secondary N) is 1. The van der Waals surface area contributed by atoms with Gasteiger partial charge in [-0.2, -0.15) is 0 Å². The number of carboxylic acid groups (broad SMARTS) is 1. The van der Waals surface area contributed by atoms with Crippen molar-refractivity contribution in [3.63, 3.8) is 0 Å². The number of carboxylic acids is 1. The summed E-state index contributed by atoms with van der Waals surface area (Å²) in [7, 11) is -3.27. The van der Waals surface area contributed by atoms with Crippen molar-refractivity contribution in [1.29, 1.82) is 0 Å². The summed E-state index contributed by atoms with van der Waals surface area (Å²) in [6.07, 6.45) is 1.91. The van der Waals surface area contributed by atoms with Crippen LogP contribution < -0.4 is 5.32 Å². The molecule has 1 rings (SSSR count). The Morgan fingerprint density at radius 1 is 1.38 bits per heavy atom. The van der Waals surface area contributed by atoms with Gasteiger partial charge < -0.3 is 14.8 Å². The Kier molecular flexibility index (Phi) is 5.16. The van der Waals surface area contributed by atoms with Crippen LogP contribution in [0.1, 0.15) is 43.0 Å². The highest BCUT2D eigenvalue weighted by Gasteiger charge is 2.34. The van der Waals surface area contributed by atoms with E-state index in [1.165, 1.54) is 19.1 Å². The second-order valence-electron chi connectivity index (χ2n) is 5.18. The SMILES string of the molecule is CCCC(C)(NC(=O)c1ccc(CS(C)(=O)=O)o1)C(=O)O. The molecule has 0 aliphatic rings. The van der Waals surface area contributed by atoms with E-state index in [-0.39, 0.29) is 23.7 Å². The molecule has 0 aliphatic heterocycles. The number of carbonyl (C=O) groups is 2. The largest absolute Gasteiger partial charge is 0.480 e. The highest BCUT2D eigenvalue weighted by molar-refractivity contribution is 7.89. The quantitative estimate of drug-likeness (QED) is 0.781. The Balaban J connectivity index is 2.87. The highest BCUT2D eigenvalue weighted by Crippen LogP contribution is 2.16. The lowest BCUT2D eigenvalue weighted by atomic mass is 9.96. The first-order chi connectivity index (χ1) is 9.57. The summed E-state index contributed by atoms with van der Waals surface area (Å²) in [5, 5.41) is 11.6. The van der Waals surface area contributed by atoms with Crippen LogP contribution in [0.5, 0.6) is 0 Å². The zero-order valence-corrected chi connectivity index (χ0v) is 13.0. The molecular weight excluding hydrogens is 298 g/mol. The standard InChI is InChI=1S/C13H19NO6S/c1-4-7-13(2,12(16)17)14-11(15)10-6-5-9(20-10)8-21(3,18)19/h5-6H,4,7-8H2,1-3H3,(H,14,15)(H,16,17). The van der Waals surface area contributed by atoms with E-state index in [2.05, 4.69) is 5.32 Å². The first kappa shape index (κ1) is 17.2. The van der Waals surface area contributed by atoms with Gasteiger partial charge in [0.1, 0.15) is 17.1 Å². The molecule has 1 heterocycles. The number of hydrogen-bond donors (Lipinski definition) is 2. The lowest BCUT2D eigenvalue weighted by molar-refractivity contribution is -0.144. The number of aliphatic carboxylic acids is 1. The monoisotopic (exact) mass is 317 g/mol. The fourth-order valence-electron chi connectivity index (χ4n) is 1.87. The molecule has 0 aromatic carbocycles. The van der Waals surface area contributed by atoms with Crippen LogP contribution >= 0.6 is 0 Å². The van der Waals surface area contributed by atoms with E-state index in [9.17, 15) is 23.1 Å². The molecular formula is C13H19NO6S. The number of sulfone groups is 1. The minimum Gasteiger partial charge on any atom is -0.480 e. The second kappa shape index (κ2) is 6.30. The number of hydrogen-bond acceptors (Lipinski definition) is 5. The maximum atomic E-state index is 12.0. The maximum absolute atomic E-state index is 12.0. The van der Waals surface area contributed by atoms with E-state index >= 15 is 0 Å². The van der Waals surface area contributed by atoms with Gasteiger partial charge in [-0.15, -0.1) is 0 Å². The first-order valence-electron chi connectivity index (χ1n) is 6.40. The van der Waals surface area contributed by atoms with Crippen LogP contribution in [0, 0.1) is 0 Å². The van der Waals surface area contributed by atoms with Gasteiger partial charge in [0.15, 0.2) is 15.6 Å². The van der Waals surface area contributed by atoms with Gasteiger partial charge in [-0.1, -0.05) is 13.3 Å². The van der Waals surface area contributed by atoms with Gasteiger partial charge in [-0.25, -0.2) is 13.2 Å². The Labute approximate surface area is 123 Å². The van der Waals surface area contributed by atoms with Gasteiger partial charge in [0.2, 0.25) is 0 Å². The van der Waals surface area contributed by atoms with E-state index < -0.39 is 27.3 Å².